The molecule has 1 unspecified atom stereocenters. The zero-order chi connectivity index (χ0) is 11.0. The van der Waals surface area contributed by atoms with Crippen LogP contribution in [0.15, 0.2) is 0 Å². The SMILES string of the molecule is O=C(NC1CCN(C2CC2)C1)c1nn[nH]n1. The van der Waals surface area contributed by atoms with Gasteiger partial charge < -0.3 is 5.32 Å². The molecule has 1 aromatic rings. The first-order chi connectivity index (χ1) is 7.83. The first-order valence-corrected chi connectivity index (χ1v) is 5.61. The normalized spacial score (nSPS) is 25.9. The molecule has 2 N–H and O–H groups in total. The molecular formula is C9H14N6O. The Bertz CT molecular complexity index is 373. The Kier molecular flexibility index (Phi) is 2.32. The largest absolute Gasteiger partial charge is 0.345 e. The molecule has 2 heterocycles. The van der Waals surface area contributed by atoms with Crippen molar-refractivity contribution < 1.29 is 4.79 Å². The van der Waals surface area contributed by atoms with Crippen LogP contribution in [0.5, 0.6) is 0 Å². The number of carbonyl (C=O) groups excluding carboxylic acids is 1. The van der Waals surface area contributed by atoms with Gasteiger partial charge in [0.2, 0.25) is 0 Å². The molecule has 86 valence electrons. The second-order valence-electron chi connectivity index (χ2n) is 4.42. The first-order valence-electron chi connectivity index (χ1n) is 5.61. The fraction of sp³-hybridized carbons (Fsp3) is 0.778. The van der Waals surface area contributed by atoms with Crippen LogP contribution < -0.4 is 5.32 Å². The van der Waals surface area contributed by atoms with Crippen LogP contribution in [0.2, 0.25) is 0 Å². The zero-order valence-corrected chi connectivity index (χ0v) is 8.89. The number of nitrogens with zero attached hydrogens (tertiary/aromatic N) is 4. The van der Waals surface area contributed by atoms with E-state index in [0.717, 1.165) is 25.6 Å². The lowest BCUT2D eigenvalue weighted by atomic mass is 10.2. The Labute approximate surface area is 92.6 Å². The van der Waals surface area contributed by atoms with E-state index in [1.807, 2.05) is 0 Å². The number of nitrogens with one attached hydrogen (secondary N) is 2. The maximum absolute atomic E-state index is 11.6. The van der Waals surface area contributed by atoms with Gasteiger partial charge in [0.15, 0.2) is 0 Å². The lowest BCUT2D eigenvalue weighted by Crippen LogP contribution is -2.38. The van der Waals surface area contributed by atoms with Crippen LogP contribution in [-0.2, 0) is 0 Å². The van der Waals surface area contributed by atoms with Crippen molar-refractivity contribution in [3.8, 4) is 0 Å². The summed E-state index contributed by atoms with van der Waals surface area (Å²) in [5, 5.41) is 15.9. The summed E-state index contributed by atoms with van der Waals surface area (Å²) in [6.45, 7) is 2.04. The third-order valence-electron chi connectivity index (χ3n) is 3.17. The number of carbonyl (C=O) groups is 1. The van der Waals surface area contributed by atoms with Crippen molar-refractivity contribution in [3.05, 3.63) is 5.82 Å². The van der Waals surface area contributed by atoms with Gasteiger partial charge in [-0.15, -0.1) is 10.2 Å². The topological polar surface area (TPSA) is 86.8 Å². The third kappa shape index (κ3) is 1.90. The minimum Gasteiger partial charge on any atom is -0.345 e. The van der Waals surface area contributed by atoms with Crippen LogP contribution in [0.4, 0.5) is 0 Å². The van der Waals surface area contributed by atoms with Crippen molar-refractivity contribution in [1.29, 1.82) is 0 Å². The second kappa shape index (κ2) is 3.82. The van der Waals surface area contributed by atoms with Crippen molar-refractivity contribution in [2.45, 2.75) is 31.3 Å². The molecule has 0 aromatic carbocycles. The number of aromatic nitrogens is 4. The van der Waals surface area contributed by atoms with Gasteiger partial charge >= 0.3 is 0 Å². The highest BCUT2D eigenvalue weighted by molar-refractivity contribution is 5.90. The molecule has 1 aliphatic carbocycles. The smallest absolute Gasteiger partial charge is 0.293 e. The number of rotatable bonds is 3. The van der Waals surface area contributed by atoms with Gasteiger partial charge in [0, 0.05) is 25.2 Å². The lowest BCUT2D eigenvalue weighted by molar-refractivity contribution is 0.0927. The van der Waals surface area contributed by atoms with Gasteiger partial charge in [-0.3, -0.25) is 9.69 Å². The predicted octanol–water partition coefficient (Wildman–Crippen LogP) is -0.834. The number of amides is 1. The van der Waals surface area contributed by atoms with Crippen LogP contribution in [0.25, 0.3) is 0 Å². The summed E-state index contributed by atoms with van der Waals surface area (Å²) in [4.78, 5) is 14.1. The predicted molar refractivity (Wildman–Crippen MR) is 54.6 cm³/mol. The van der Waals surface area contributed by atoms with Gasteiger partial charge in [-0.25, -0.2) is 0 Å². The highest BCUT2D eigenvalue weighted by Crippen LogP contribution is 2.29. The Morgan fingerprint density at radius 3 is 3.00 bits per heavy atom. The molecule has 0 spiro atoms. The molecule has 16 heavy (non-hydrogen) atoms. The van der Waals surface area contributed by atoms with Crippen LogP contribution in [0, 0.1) is 0 Å². The minimum atomic E-state index is -0.239. The summed E-state index contributed by atoms with van der Waals surface area (Å²) in [6, 6.07) is 0.999. The fourth-order valence-corrected chi connectivity index (χ4v) is 2.18. The third-order valence-corrected chi connectivity index (χ3v) is 3.17. The van der Waals surface area contributed by atoms with Gasteiger partial charge in [0.1, 0.15) is 0 Å². The van der Waals surface area contributed by atoms with Gasteiger partial charge in [0.25, 0.3) is 11.7 Å². The molecule has 0 bridgehead atoms. The van der Waals surface area contributed by atoms with Gasteiger partial charge in [0.05, 0.1) is 0 Å². The van der Waals surface area contributed by atoms with Crippen molar-refractivity contribution in [2.75, 3.05) is 13.1 Å². The van der Waals surface area contributed by atoms with E-state index in [2.05, 4.69) is 30.8 Å². The summed E-state index contributed by atoms with van der Waals surface area (Å²) < 4.78 is 0. The molecule has 7 nitrogen and oxygen atoms in total. The van der Waals surface area contributed by atoms with Crippen LogP contribution in [0.1, 0.15) is 29.9 Å². The lowest BCUT2D eigenvalue weighted by Gasteiger charge is -2.14. The summed E-state index contributed by atoms with van der Waals surface area (Å²) in [6.07, 6.45) is 3.64. The van der Waals surface area contributed by atoms with Crippen molar-refractivity contribution in [3.63, 3.8) is 0 Å². The molecule has 3 rings (SSSR count). The van der Waals surface area contributed by atoms with E-state index in [9.17, 15) is 4.79 Å². The Morgan fingerprint density at radius 2 is 2.31 bits per heavy atom. The second-order valence-corrected chi connectivity index (χ2v) is 4.42. The molecule has 1 aromatic heterocycles. The van der Waals surface area contributed by atoms with E-state index in [4.69, 9.17) is 0 Å². The quantitative estimate of drug-likeness (QED) is 0.696. The number of H-pyrrole nitrogens is 1. The minimum absolute atomic E-state index is 0.116. The Balaban J connectivity index is 1.53. The molecule has 0 radical (unpaired) electrons. The molecule has 2 fully saturated rings. The molecule has 1 saturated carbocycles. The van der Waals surface area contributed by atoms with Gasteiger partial charge in [-0.1, -0.05) is 0 Å². The van der Waals surface area contributed by atoms with Gasteiger partial charge in [-0.05, 0) is 24.5 Å². The summed E-state index contributed by atoms with van der Waals surface area (Å²) in [5.74, 6) is -0.124. The Hall–Kier alpha value is -1.50. The van der Waals surface area contributed by atoms with E-state index in [1.165, 1.54) is 12.8 Å². The molecule has 2 aliphatic rings. The van der Waals surface area contributed by atoms with Crippen molar-refractivity contribution >= 4 is 5.91 Å². The number of likely N-dealkylation sites (tertiary alicyclic amines) is 1. The number of hydrogen-bond donors (Lipinski definition) is 2. The summed E-state index contributed by atoms with van der Waals surface area (Å²) in [5.41, 5.74) is 0. The molecule has 7 heteroatoms. The van der Waals surface area contributed by atoms with Crippen molar-refractivity contribution in [2.24, 2.45) is 0 Å². The monoisotopic (exact) mass is 222 g/mol. The number of hydrogen-bond acceptors (Lipinski definition) is 5. The van der Waals surface area contributed by atoms with Gasteiger partial charge in [-0.2, -0.15) is 5.21 Å². The molecule has 1 saturated heterocycles. The van der Waals surface area contributed by atoms with E-state index in [0.29, 0.717) is 0 Å². The van der Waals surface area contributed by atoms with E-state index < -0.39 is 0 Å². The van der Waals surface area contributed by atoms with Crippen LogP contribution in [0.3, 0.4) is 0 Å². The van der Waals surface area contributed by atoms with E-state index in [-0.39, 0.29) is 17.8 Å². The maximum atomic E-state index is 11.6. The molecular weight excluding hydrogens is 208 g/mol. The number of tetrazole rings is 1. The van der Waals surface area contributed by atoms with Crippen LogP contribution in [-0.4, -0.2) is 56.6 Å². The van der Waals surface area contributed by atoms with E-state index in [1.54, 1.807) is 0 Å². The summed E-state index contributed by atoms with van der Waals surface area (Å²) >= 11 is 0. The standard InChI is InChI=1S/C9H14N6O/c16-9(8-11-13-14-12-8)10-6-3-4-15(5-6)7-1-2-7/h6-7H,1-5H2,(H,10,16)(H,11,12,13,14). The fourth-order valence-electron chi connectivity index (χ4n) is 2.18. The number of aromatic amines is 1. The zero-order valence-electron chi connectivity index (χ0n) is 8.89. The average molecular weight is 222 g/mol. The molecule has 1 amide bonds. The van der Waals surface area contributed by atoms with Crippen LogP contribution >= 0.6 is 0 Å². The van der Waals surface area contributed by atoms with E-state index >= 15 is 0 Å². The summed E-state index contributed by atoms with van der Waals surface area (Å²) in [7, 11) is 0. The first kappa shape index (κ1) is 9.71. The molecule has 1 atom stereocenters. The Morgan fingerprint density at radius 1 is 1.44 bits per heavy atom. The van der Waals surface area contributed by atoms with Crippen molar-refractivity contribution in [1.82, 2.24) is 30.8 Å². The maximum Gasteiger partial charge on any atom is 0.293 e. The average Bonchev–Trinajstić information content (AvgIpc) is 2.82. The highest BCUT2D eigenvalue weighted by Gasteiger charge is 2.35. The highest BCUT2D eigenvalue weighted by atomic mass is 16.2. The molecule has 1 aliphatic heterocycles.